The van der Waals surface area contributed by atoms with Crippen LogP contribution in [0.3, 0.4) is 0 Å². The van der Waals surface area contributed by atoms with Gasteiger partial charge in [0.1, 0.15) is 5.70 Å². The third kappa shape index (κ3) is 5.86. The first kappa shape index (κ1) is 18.4. The number of hydrogen-bond donors (Lipinski definition) is 2. The molecule has 0 saturated heterocycles. The molecule has 2 amide bonds. The van der Waals surface area contributed by atoms with Crippen molar-refractivity contribution in [3.8, 4) is 0 Å². The molecule has 2 rings (SSSR count). The van der Waals surface area contributed by atoms with Crippen molar-refractivity contribution in [3.63, 3.8) is 0 Å². The van der Waals surface area contributed by atoms with Crippen LogP contribution in [0.2, 0.25) is 0 Å². The third-order valence-electron chi connectivity index (χ3n) is 3.32. The summed E-state index contributed by atoms with van der Waals surface area (Å²) in [5.41, 5.74) is 1.32. The van der Waals surface area contributed by atoms with E-state index in [0.717, 1.165) is 0 Å². The molecule has 0 bridgehead atoms. The maximum absolute atomic E-state index is 12.5. The van der Waals surface area contributed by atoms with Gasteiger partial charge in [-0.15, -0.1) is 0 Å². The van der Waals surface area contributed by atoms with E-state index in [2.05, 4.69) is 15.6 Å². The fourth-order valence-electron chi connectivity index (χ4n) is 2.16. The van der Waals surface area contributed by atoms with Crippen LogP contribution in [0.25, 0.3) is 6.08 Å². The van der Waals surface area contributed by atoms with E-state index in [1.165, 1.54) is 0 Å². The van der Waals surface area contributed by atoms with E-state index in [1.54, 1.807) is 62.0 Å². The summed E-state index contributed by atoms with van der Waals surface area (Å²) < 4.78 is 5.02. The predicted octanol–water partition coefficient (Wildman–Crippen LogP) is 2.00. The van der Waals surface area contributed by atoms with Crippen molar-refractivity contribution in [2.75, 3.05) is 13.7 Å². The number of pyridine rings is 1. The third-order valence-corrected chi connectivity index (χ3v) is 3.32. The average Bonchev–Trinajstić information content (AvgIpc) is 2.63. The molecule has 6 nitrogen and oxygen atoms in total. The van der Waals surface area contributed by atoms with E-state index in [-0.39, 0.29) is 17.6 Å². The van der Waals surface area contributed by atoms with Crippen LogP contribution in [-0.4, -0.2) is 36.6 Å². The van der Waals surface area contributed by atoms with Gasteiger partial charge >= 0.3 is 0 Å². The molecule has 6 heteroatoms. The number of nitrogens with one attached hydrogen (secondary N) is 2. The molecule has 1 aromatic heterocycles. The van der Waals surface area contributed by atoms with Crippen LogP contribution in [0.1, 0.15) is 22.8 Å². The largest absolute Gasteiger partial charge is 0.383 e. The van der Waals surface area contributed by atoms with Gasteiger partial charge in [0.25, 0.3) is 11.8 Å². The van der Waals surface area contributed by atoms with Crippen molar-refractivity contribution in [2.24, 2.45) is 0 Å². The second kappa shape index (κ2) is 9.34. The molecule has 0 aliphatic heterocycles. The molecule has 0 aliphatic rings. The molecule has 0 aliphatic carbocycles. The summed E-state index contributed by atoms with van der Waals surface area (Å²) in [6, 6.07) is 12.1. The van der Waals surface area contributed by atoms with Gasteiger partial charge in [-0.1, -0.05) is 24.3 Å². The predicted molar refractivity (Wildman–Crippen MR) is 95.6 cm³/mol. The van der Waals surface area contributed by atoms with Gasteiger partial charge in [0, 0.05) is 31.1 Å². The Balaban J connectivity index is 2.21. The molecule has 0 unspecified atom stereocenters. The van der Waals surface area contributed by atoms with Gasteiger partial charge in [0.2, 0.25) is 0 Å². The van der Waals surface area contributed by atoms with E-state index >= 15 is 0 Å². The van der Waals surface area contributed by atoms with Crippen LogP contribution < -0.4 is 10.6 Å². The Bertz CT molecular complexity index is 730. The number of ether oxygens (including phenoxy) is 1. The monoisotopic (exact) mass is 339 g/mol. The van der Waals surface area contributed by atoms with Gasteiger partial charge in [-0.3, -0.25) is 14.6 Å². The minimum absolute atomic E-state index is 0.143. The Kier molecular flexibility index (Phi) is 6.86. The van der Waals surface area contributed by atoms with Gasteiger partial charge in [0.05, 0.1) is 6.61 Å². The quantitative estimate of drug-likeness (QED) is 0.756. The fourth-order valence-corrected chi connectivity index (χ4v) is 2.16. The minimum Gasteiger partial charge on any atom is -0.383 e. The number of benzene rings is 1. The van der Waals surface area contributed by atoms with E-state index < -0.39 is 5.91 Å². The molecule has 0 saturated carbocycles. The van der Waals surface area contributed by atoms with Crippen LogP contribution in [-0.2, 0) is 9.53 Å². The molecular weight excluding hydrogens is 318 g/mol. The van der Waals surface area contributed by atoms with E-state index in [0.29, 0.717) is 17.7 Å². The minimum atomic E-state index is -0.391. The standard InChI is InChI=1S/C19H21N3O3/c1-14(13-25-2)21-19(24)17(11-15-7-6-10-20-12-15)22-18(23)16-8-4-3-5-9-16/h3-12,14H,13H2,1-2H3,(H,21,24)(H,22,23)/b17-11-/t14-/m0/s1. The lowest BCUT2D eigenvalue weighted by Crippen LogP contribution is -2.41. The fraction of sp³-hybridized carbons (Fsp3) is 0.211. The molecule has 1 aromatic carbocycles. The number of nitrogens with zero attached hydrogens (tertiary/aromatic N) is 1. The lowest BCUT2D eigenvalue weighted by atomic mass is 10.2. The first-order valence-electron chi connectivity index (χ1n) is 7.88. The molecular formula is C19H21N3O3. The summed E-state index contributed by atoms with van der Waals surface area (Å²) in [6.07, 6.45) is 4.84. The molecule has 25 heavy (non-hydrogen) atoms. The van der Waals surface area contributed by atoms with Crippen LogP contribution in [0.5, 0.6) is 0 Å². The van der Waals surface area contributed by atoms with Crippen LogP contribution in [0.15, 0.2) is 60.6 Å². The summed E-state index contributed by atoms with van der Waals surface area (Å²) in [7, 11) is 1.56. The molecule has 0 fully saturated rings. The maximum Gasteiger partial charge on any atom is 0.268 e. The van der Waals surface area contributed by atoms with E-state index in [9.17, 15) is 9.59 Å². The number of carbonyl (C=O) groups is 2. The Morgan fingerprint density at radius 3 is 2.60 bits per heavy atom. The number of methoxy groups -OCH3 is 1. The lowest BCUT2D eigenvalue weighted by molar-refractivity contribution is -0.118. The normalized spacial score (nSPS) is 12.3. The zero-order chi connectivity index (χ0) is 18.1. The lowest BCUT2D eigenvalue weighted by Gasteiger charge is -2.15. The van der Waals surface area contributed by atoms with Crippen molar-refractivity contribution >= 4 is 17.9 Å². The first-order chi connectivity index (χ1) is 12.1. The van der Waals surface area contributed by atoms with Gasteiger partial charge in [-0.25, -0.2) is 0 Å². The average molecular weight is 339 g/mol. The van der Waals surface area contributed by atoms with Crippen molar-refractivity contribution in [3.05, 3.63) is 71.7 Å². The number of hydrogen-bond acceptors (Lipinski definition) is 4. The van der Waals surface area contributed by atoms with Gasteiger partial charge in [-0.05, 0) is 36.8 Å². The Morgan fingerprint density at radius 2 is 1.96 bits per heavy atom. The molecule has 2 N–H and O–H groups in total. The van der Waals surface area contributed by atoms with Crippen molar-refractivity contribution in [1.82, 2.24) is 15.6 Å². The van der Waals surface area contributed by atoms with Crippen molar-refractivity contribution in [1.29, 1.82) is 0 Å². The second-order valence-electron chi connectivity index (χ2n) is 5.49. The van der Waals surface area contributed by atoms with E-state index in [1.807, 2.05) is 13.0 Å². The molecule has 130 valence electrons. The van der Waals surface area contributed by atoms with Gasteiger partial charge in [0.15, 0.2) is 0 Å². The summed E-state index contributed by atoms with van der Waals surface area (Å²) in [6.45, 7) is 2.20. The molecule has 1 atom stereocenters. The maximum atomic E-state index is 12.5. The summed E-state index contributed by atoms with van der Waals surface area (Å²) >= 11 is 0. The number of aromatic nitrogens is 1. The smallest absolute Gasteiger partial charge is 0.268 e. The zero-order valence-corrected chi connectivity index (χ0v) is 14.2. The van der Waals surface area contributed by atoms with Crippen LogP contribution in [0, 0.1) is 0 Å². The van der Waals surface area contributed by atoms with Gasteiger partial charge in [-0.2, -0.15) is 0 Å². The SMILES string of the molecule is COC[C@H](C)NC(=O)/C(=C/c1cccnc1)NC(=O)c1ccccc1. The number of carbonyl (C=O) groups excluding carboxylic acids is 2. The highest BCUT2D eigenvalue weighted by Gasteiger charge is 2.16. The summed E-state index contributed by atoms with van der Waals surface area (Å²) in [4.78, 5) is 28.9. The summed E-state index contributed by atoms with van der Waals surface area (Å²) in [5, 5.41) is 5.46. The topological polar surface area (TPSA) is 80.3 Å². The molecule has 0 spiro atoms. The highest BCUT2D eigenvalue weighted by Crippen LogP contribution is 2.06. The Labute approximate surface area is 146 Å². The highest BCUT2D eigenvalue weighted by molar-refractivity contribution is 6.05. The highest BCUT2D eigenvalue weighted by atomic mass is 16.5. The molecule has 2 aromatic rings. The zero-order valence-electron chi connectivity index (χ0n) is 14.2. The molecule has 0 radical (unpaired) electrons. The molecule has 1 heterocycles. The summed E-state index contributed by atoms with van der Waals surface area (Å²) in [5.74, 6) is -0.747. The van der Waals surface area contributed by atoms with Crippen molar-refractivity contribution < 1.29 is 14.3 Å². The second-order valence-corrected chi connectivity index (χ2v) is 5.49. The number of amides is 2. The number of rotatable bonds is 7. The van der Waals surface area contributed by atoms with Gasteiger partial charge < -0.3 is 15.4 Å². The van der Waals surface area contributed by atoms with Crippen molar-refractivity contribution in [2.45, 2.75) is 13.0 Å². The Morgan fingerprint density at radius 1 is 1.20 bits per heavy atom. The van der Waals surface area contributed by atoms with E-state index in [4.69, 9.17) is 4.74 Å². The van der Waals surface area contributed by atoms with Crippen LogP contribution >= 0.6 is 0 Å². The Hall–Kier alpha value is -2.99. The first-order valence-corrected chi connectivity index (χ1v) is 7.88. The van der Waals surface area contributed by atoms with Crippen LogP contribution in [0.4, 0.5) is 0 Å².